The second-order valence-corrected chi connectivity index (χ2v) is 6.08. The Morgan fingerprint density at radius 2 is 1.95 bits per heavy atom. The van der Waals surface area contributed by atoms with Gasteiger partial charge in [-0.25, -0.2) is 0 Å². The normalized spacial score (nSPS) is 14.1. The maximum absolute atomic E-state index is 5.98. The number of rotatable bonds is 5. The summed E-state index contributed by atoms with van der Waals surface area (Å²) in [5.41, 5.74) is 2.38. The summed E-state index contributed by atoms with van der Waals surface area (Å²) in [6.45, 7) is 4.28. The molecule has 0 aliphatic rings. The lowest BCUT2D eigenvalue weighted by Crippen LogP contribution is -2.22. The van der Waals surface area contributed by atoms with E-state index < -0.39 is 0 Å². The minimum Gasteiger partial charge on any atom is -0.496 e. The number of nitrogens with one attached hydrogen (secondary N) is 1. The quantitative estimate of drug-likeness (QED) is 0.853. The van der Waals surface area contributed by atoms with Crippen LogP contribution in [0.5, 0.6) is 5.75 Å². The van der Waals surface area contributed by atoms with Crippen LogP contribution in [0.25, 0.3) is 0 Å². The van der Waals surface area contributed by atoms with E-state index in [4.69, 9.17) is 16.3 Å². The predicted molar refractivity (Wildman–Crippen MR) is 82.3 cm³/mol. The van der Waals surface area contributed by atoms with Crippen LogP contribution < -0.4 is 10.1 Å². The van der Waals surface area contributed by atoms with Gasteiger partial charge in [-0.15, -0.1) is 11.3 Å². The average Bonchev–Trinajstić information content (AvgIpc) is 2.85. The second-order valence-electron chi connectivity index (χ2n) is 4.54. The molecular weight excluding hydrogens is 278 g/mol. The van der Waals surface area contributed by atoms with Crippen LogP contribution in [0.3, 0.4) is 0 Å². The van der Waals surface area contributed by atoms with Crippen molar-refractivity contribution >= 4 is 22.9 Å². The molecule has 0 aliphatic heterocycles. The molecule has 1 heterocycles. The Morgan fingerprint density at radius 3 is 2.58 bits per heavy atom. The van der Waals surface area contributed by atoms with Crippen LogP contribution in [0.15, 0.2) is 35.7 Å². The van der Waals surface area contributed by atoms with Gasteiger partial charge < -0.3 is 10.1 Å². The van der Waals surface area contributed by atoms with Gasteiger partial charge in [0, 0.05) is 17.6 Å². The van der Waals surface area contributed by atoms with Gasteiger partial charge in [0.05, 0.1) is 11.4 Å². The van der Waals surface area contributed by atoms with Gasteiger partial charge in [-0.05, 0) is 36.9 Å². The molecule has 1 aromatic carbocycles. The summed E-state index contributed by atoms with van der Waals surface area (Å²) < 4.78 is 6.23. The molecule has 1 aromatic heterocycles. The van der Waals surface area contributed by atoms with Gasteiger partial charge in [-0.1, -0.05) is 29.8 Å². The van der Waals surface area contributed by atoms with Crippen LogP contribution in [0.4, 0.5) is 0 Å². The van der Waals surface area contributed by atoms with E-state index in [1.54, 1.807) is 18.4 Å². The molecule has 0 aliphatic carbocycles. The van der Waals surface area contributed by atoms with Crippen molar-refractivity contribution in [2.75, 3.05) is 7.11 Å². The van der Waals surface area contributed by atoms with Crippen LogP contribution in [0.2, 0.25) is 4.34 Å². The van der Waals surface area contributed by atoms with E-state index in [1.165, 1.54) is 5.56 Å². The first-order chi connectivity index (χ1) is 9.11. The first-order valence-corrected chi connectivity index (χ1v) is 7.50. The highest BCUT2D eigenvalue weighted by Crippen LogP contribution is 2.29. The van der Waals surface area contributed by atoms with Crippen LogP contribution in [0, 0.1) is 0 Å². The lowest BCUT2D eigenvalue weighted by molar-refractivity contribution is 0.396. The number of benzene rings is 1. The Hall–Kier alpha value is -1.03. The van der Waals surface area contributed by atoms with Crippen LogP contribution in [-0.2, 0) is 0 Å². The van der Waals surface area contributed by atoms with Crippen LogP contribution in [0.1, 0.15) is 37.1 Å². The van der Waals surface area contributed by atoms with E-state index in [9.17, 15) is 0 Å². The minimum absolute atomic E-state index is 0.213. The molecular formula is C15H18ClNOS. The fourth-order valence-corrected chi connectivity index (χ4v) is 3.12. The van der Waals surface area contributed by atoms with Gasteiger partial charge in [0.2, 0.25) is 0 Å². The third-order valence-electron chi connectivity index (χ3n) is 3.19. The fourth-order valence-electron chi connectivity index (χ4n) is 2.14. The summed E-state index contributed by atoms with van der Waals surface area (Å²) in [5.74, 6) is 0.915. The molecule has 19 heavy (non-hydrogen) atoms. The average molecular weight is 296 g/mol. The summed E-state index contributed by atoms with van der Waals surface area (Å²) >= 11 is 7.54. The highest BCUT2D eigenvalue weighted by atomic mass is 35.5. The SMILES string of the molecule is COc1ccccc1[C@@H](C)NC(C)c1csc(Cl)c1. The number of hydrogen-bond donors (Lipinski definition) is 1. The van der Waals surface area contributed by atoms with Gasteiger partial charge in [0.25, 0.3) is 0 Å². The molecule has 0 saturated heterocycles. The Morgan fingerprint density at radius 1 is 1.21 bits per heavy atom. The molecule has 2 atom stereocenters. The summed E-state index contributed by atoms with van der Waals surface area (Å²) in [5, 5.41) is 5.66. The van der Waals surface area contributed by atoms with E-state index in [1.807, 2.05) is 24.3 Å². The van der Waals surface area contributed by atoms with E-state index in [2.05, 4.69) is 30.6 Å². The first-order valence-electron chi connectivity index (χ1n) is 6.24. The standard InChI is InChI=1S/C15H18ClNOS/c1-10(12-8-15(16)19-9-12)17-11(2)13-6-4-5-7-14(13)18-3/h4-11,17H,1-3H3/t10?,11-/m1/s1. The lowest BCUT2D eigenvalue weighted by Gasteiger charge is -2.21. The third-order valence-corrected chi connectivity index (χ3v) is 4.30. The van der Waals surface area contributed by atoms with E-state index in [0.717, 1.165) is 15.6 Å². The Bertz CT molecular complexity index is 540. The number of halogens is 1. The molecule has 1 N–H and O–H groups in total. The van der Waals surface area contributed by atoms with Gasteiger partial charge in [0.1, 0.15) is 5.75 Å². The molecule has 102 valence electrons. The fraction of sp³-hybridized carbons (Fsp3) is 0.333. The number of para-hydroxylation sites is 1. The maximum Gasteiger partial charge on any atom is 0.123 e. The molecule has 2 nitrogen and oxygen atoms in total. The highest BCUT2D eigenvalue weighted by Gasteiger charge is 2.15. The monoisotopic (exact) mass is 295 g/mol. The first kappa shape index (κ1) is 14.4. The van der Waals surface area contributed by atoms with E-state index >= 15 is 0 Å². The number of hydrogen-bond acceptors (Lipinski definition) is 3. The van der Waals surface area contributed by atoms with Crippen molar-refractivity contribution in [2.24, 2.45) is 0 Å². The molecule has 0 amide bonds. The summed E-state index contributed by atoms with van der Waals surface area (Å²) in [4.78, 5) is 0. The Labute approximate surface area is 123 Å². The predicted octanol–water partition coefficient (Wildman–Crippen LogP) is 4.82. The van der Waals surface area contributed by atoms with Crippen molar-refractivity contribution in [2.45, 2.75) is 25.9 Å². The van der Waals surface area contributed by atoms with Gasteiger partial charge in [0.15, 0.2) is 0 Å². The van der Waals surface area contributed by atoms with Gasteiger partial charge in [-0.2, -0.15) is 0 Å². The van der Waals surface area contributed by atoms with Crippen LogP contribution in [-0.4, -0.2) is 7.11 Å². The highest BCUT2D eigenvalue weighted by molar-refractivity contribution is 7.14. The molecule has 0 bridgehead atoms. The number of methoxy groups -OCH3 is 1. The Balaban J connectivity index is 2.10. The second kappa shape index (κ2) is 6.42. The molecule has 4 heteroatoms. The Kier molecular flexibility index (Phi) is 4.86. The molecule has 2 aromatic rings. The summed E-state index contributed by atoms with van der Waals surface area (Å²) in [6, 6.07) is 10.6. The van der Waals surface area contributed by atoms with Crippen molar-refractivity contribution in [3.8, 4) is 5.75 Å². The van der Waals surface area contributed by atoms with Crippen molar-refractivity contribution in [3.63, 3.8) is 0 Å². The minimum atomic E-state index is 0.213. The molecule has 0 radical (unpaired) electrons. The molecule has 1 unspecified atom stereocenters. The van der Waals surface area contributed by atoms with E-state index in [-0.39, 0.29) is 12.1 Å². The molecule has 0 spiro atoms. The molecule has 0 fully saturated rings. The number of thiophene rings is 1. The zero-order valence-electron chi connectivity index (χ0n) is 11.3. The molecule has 0 saturated carbocycles. The maximum atomic E-state index is 5.98. The van der Waals surface area contributed by atoms with Crippen molar-refractivity contribution < 1.29 is 4.74 Å². The van der Waals surface area contributed by atoms with E-state index in [0.29, 0.717) is 0 Å². The van der Waals surface area contributed by atoms with Crippen molar-refractivity contribution in [1.29, 1.82) is 0 Å². The zero-order chi connectivity index (χ0) is 13.8. The molecule has 2 rings (SSSR count). The largest absolute Gasteiger partial charge is 0.496 e. The van der Waals surface area contributed by atoms with Crippen molar-refractivity contribution in [1.82, 2.24) is 5.32 Å². The number of ether oxygens (including phenoxy) is 1. The summed E-state index contributed by atoms with van der Waals surface area (Å²) in [6.07, 6.45) is 0. The van der Waals surface area contributed by atoms with Gasteiger partial charge in [-0.3, -0.25) is 0 Å². The topological polar surface area (TPSA) is 21.3 Å². The zero-order valence-corrected chi connectivity index (χ0v) is 12.9. The lowest BCUT2D eigenvalue weighted by atomic mass is 10.0. The van der Waals surface area contributed by atoms with Crippen molar-refractivity contribution in [3.05, 3.63) is 51.2 Å². The van der Waals surface area contributed by atoms with Crippen LogP contribution >= 0.6 is 22.9 Å². The smallest absolute Gasteiger partial charge is 0.123 e. The summed E-state index contributed by atoms with van der Waals surface area (Å²) in [7, 11) is 1.70. The van der Waals surface area contributed by atoms with Gasteiger partial charge >= 0.3 is 0 Å². The third kappa shape index (κ3) is 3.50.